The summed E-state index contributed by atoms with van der Waals surface area (Å²) in [5.74, 6) is -1.01. The Bertz CT molecular complexity index is 1250. The predicted octanol–water partition coefficient (Wildman–Crippen LogP) is 5.07. The molecule has 0 aliphatic carbocycles. The van der Waals surface area contributed by atoms with Gasteiger partial charge in [-0.2, -0.15) is 13.2 Å². The fraction of sp³-hybridized carbons (Fsp3) is 0.150. The maximum Gasteiger partial charge on any atom is 0.417 e. The van der Waals surface area contributed by atoms with Crippen molar-refractivity contribution in [1.29, 1.82) is 0 Å². The van der Waals surface area contributed by atoms with Crippen molar-refractivity contribution < 1.29 is 22.3 Å². The molecule has 0 saturated heterocycles. The van der Waals surface area contributed by atoms with E-state index in [2.05, 4.69) is 30.2 Å². The third-order valence-electron chi connectivity index (χ3n) is 4.29. The number of benzene rings is 1. The van der Waals surface area contributed by atoms with Crippen LogP contribution >= 0.6 is 11.6 Å². The van der Waals surface area contributed by atoms with E-state index in [0.717, 1.165) is 5.56 Å². The molecule has 1 aromatic carbocycles. The van der Waals surface area contributed by atoms with E-state index in [1.807, 2.05) is 0 Å². The van der Waals surface area contributed by atoms with Crippen LogP contribution in [-0.2, 0) is 12.6 Å². The summed E-state index contributed by atoms with van der Waals surface area (Å²) in [6.07, 6.45) is -0.789. The third kappa shape index (κ3) is 4.99. The number of anilines is 1. The Kier molecular flexibility index (Phi) is 5.99. The van der Waals surface area contributed by atoms with Crippen molar-refractivity contribution in [3.8, 4) is 11.6 Å². The summed E-state index contributed by atoms with van der Waals surface area (Å²) in [4.78, 5) is 19.9. The SMILES string of the molecule is Fc1cc(C(F)(F)F)cnc1Oc1ccc(CCNc2ncnc3ncc(Cl)nc23)cc1. The van der Waals surface area contributed by atoms with Crippen molar-refractivity contribution in [2.75, 3.05) is 11.9 Å². The molecule has 7 nitrogen and oxygen atoms in total. The molecule has 1 N–H and O–H groups in total. The molecule has 3 aromatic heterocycles. The second kappa shape index (κ2) is 8.87. The number of halogens is 5. The van der Waals surface area contributed by atoms with Crippen LogP contribution in [0.2, 0.25) is 5.15 Å². The first-order valence-electron chi connectivity index (χ1n) is 9.16. The Morgan fingerprint density at radius 3 is 2.50 bits per heavy atom. The van der Waals surface area contributed by atoms with Gasteiger partial charge in [0.15, 0.2) is 22.8 Å². The van der Waals surface area contributed by atoms with E-state index in [4.69, 9.17) is 16.3 Å². The first kappa shape index (κ1) is 21.6. The highest BCUT2D eigenvalue weighted by molar-refractivity contribution is 6.29. The second-order valence-electron chi connectivity index (χ2n) is 6.52. The largest absolute Gasteiger partial charge is 0.436 e. The summed E-state index contributed by atoms with van der Waals surface area (Å²) in [7, 11) is 0. The number of pyridine rings is 1. The number of aromatic nitrogens is 5. The number of nitrogens with one attached hydrogen (secondary N) is 1. The zero-order valence-corrected chi connectivity index (χ0v) is 16.8. The highest BCUT2D eigenvalue weighted by Gasteiger charge is 2.32. The smallest absolute Gasteiger partial charge is 0.417 e. The van der Waals surface area contributed by atoms with Crippen molar-refractivity contribution in [1.82, 2.24) is 24.9 Å². The summed E-state index contributed by atoms with van der Waals surface area (Å²) >= 11 is 5.88. The number of rotatable bonds is 6. The molecule has 4 rings (SSSR count). The van der Waals surface area contributed by atoms with Crippen molar-refractivity contribution >= 4 is 28.6 Å². The van der Waals surface area contributed by atoms with Gasteiger partial charge in [0, 0.05) is 12.7 Å². The lowest BCUT2D eigenvalue weighted by atomic mass is 10.1. The number of hydrogen-bond acceptors (Lipinski definition) is 7. The normalized spacial score (nSPS) is 11.5. The van der Waals surface area contributed by atoms with Crippen LogP contribution in [0.3, 0.4) is 0 Å². The predicted molar refractivity (Wildman–Crippen MR) is 108 cm³/mol. The fourth-order valence-electron chi connectivity index (χ4n) is 2.76. The van der Waals surface area contributed by atoms with Crippen LogP contribution in [0.4, 0.5) is 23.4 Å². The topological polar surface area (TPSA) is 85.7 Å². The van der Waals surface area contributed by atoms with Gasteiger partial charge in [-0.25, -0.2) is 29.3 Å². The average molecular weight is 465 g/mol. The first-order valence-corrected chi connectivity index (χ1v) is 9.54. The molecule has 0 amide bonds. The summed E-state index contributed by atoms with van der Waals surface area (Å²) in [6, 6.07) is 6.97. The number of fused-ring (bicyclic) bond motifs is 1. The molecule has 164 valence electrons. The van der Waals surface area contributed by atoms with Gasteiger partial charge in [-0.15, -0.1) is 0 Å². The molecule has 0 spiro atoms. The molecule has 32 heavy (non-hydrogen) atoms. The lowest BCUT2D eigenvalue weighted by molar-refractivity contribution is -0.138. The van der Waals surface area contributed by atoms with Crippen LogP contribution in [0.15, 0.2) is 49.1 Å². The number of ether oxygens (including phenoxy) is 1. The highest BCUT2D eigenvalue weighted by Crippen LogP contribution is 2.31. The van der Waals surface area contributed by atoms with Crippen molar-refractivity contribution in [2.24, 2.45) is 0 Å². The maximum atomic E-state index is 13.9. The molecule has 0 atom stereocenters. The molecule has 0 unspecified atom stereocenters. The monoisotopic (exact) mass is 464 g/mol. The molecule has 0 aliphatic heterocycles. The Balaban J connectivity index is 1.37. The Hall–Kier alpha value is -3.60. The number of hydrogen-bond donors (Lipinski definition) is 1. The van der Waals surface area contributed by atoms with Gasteiger partial charge in [0.1, 0.15) is 17.2 Å². The minimum atomic E-state index is -4.68. The zero-order chi connectivity index (χ0) is 22.7. The van der Waals surface area contributed by atoms with Crippen LogP contribution in [0.1, 0.15) is 11.1 Å². The van der Waals surface area contributed by atoms with E-state index in [-0.39, 0.29) is 10.9 Å². The molecular weight excluding hydrogens is 452 g/mol. The summed E-state index contributed by atoms with van der Waals surface area (Å²) in [6.45, 7) is 0.510. The van der Waals surface area contributed by atoms with Gasteiger partial charge in [0.05, 0.1) is 11.8 Å². The maximum absolute atomic E-state index is 13.9. The van der Waals surface area contributed by atoms with Gasteiger partial charge >= 0.3 is 6.18 Å². The van der Waals surface area contributed by atoms with Crippen molar-refractivity contribution in [3.63, 3.8) is 0 Å². The van der Waals surface area contributed by atoms with E-state index < -0.39 is 23.4 Å². The van der Waals surface area contributed by atoms with Crippen LogP contribution in [0, 0.1) is 5.82 Å². The van der Waals surface area contributed by atoms with Gasteiger partial charge in [-0.3, -0.25) is 0 Å². The van der Waals surface area contributed by atoms with E-state index in [1.165, 1.54) is 12.5 Å². The van der Waals surface area contributed by atoms with Gasteiger partial charge < -0.3 is 10.1 Å². The van der Waals surface area contributed by atoms with Crippen LogP contribution in [0.5, 0.6) is 11.6 Å². The molecule has 12 heteroatoms. The molecular formula is C20H13ClF4N6O. The Morgan fingerprint density at radius 1 is 1.00 bits per heavy atom. The first-order chi connectivity index (χ1) is 15.3. The summed E-state index contributed by atoms with van der Waals surface area (Å²) < 4.78 is 56.9. The standard InChI is InChI=1S/C20H13ClF4N6O/c21-15-9-27-18-16(31-15)17(29-10-30-18)26-6-5-11-1-3-13(4-2-11)32-19-14(22)7-12(8-28-19)20(23,24)25/h1-4,7-10H,5-6H2,(H,26,27,29,30). The van der Waals surface area contributed by atoms with Crippen LogP contribution < -0.4 is 10.1 Å². The fourth-order valence-corrected chi connectivity index (χ4v) is 2.90. The van der Waals surface area contributed by atoms with E-state index >= 15 is 0 Å². The highest BCUT2D eigenvalue weighted by atomic mass is 35.5. The van der Waals surface area contributed by atoms with E-state index in [1.54, 1.807) is 24.3 Å². The minimum Gasteiger partial charge on any atom is -0.436 e. The third-order valence-corrected chi connectivity index (χ3v) is 4.48. The average Bonchev–Trinajstić information content (AvgIpc) is 2.76. The molecule has 0 aliphatic rings. The molecule has 0 bridgehead atoms. The van der Waals surface area contributed by atoms with Gasteiger partial charge in [-0.1, -0.05) is 23.7 Å². The van der Waals surface area contributed by atoms with Gasteiger partial charge in [0.2, 0.25) is 0 Å². The molecule has 0 radical (unpaired) electrons. The molecule has 0 fully saturated rings. The summed E-state index contributed by atoms with van der Waals surface area (Å²) in [5, 5.41) is 3.37. The summed E-state index contributed by atoms with van der Waals surface area (Å²) in [5.41, 5.74) is 0.607. The van der Waals surface area contributed by atoms with E-state index in [0.29, 0.717) is 42.2 Å². The zero-order valence-electron chi connectivity index (χ0n) is 16.1. The molecule has 4 aromatic rings. The quantitative estimate of drug-likeness (QED) is 0.398. The number of nitrogens with zero attached hydrogens (tertiary/aromatic N) is 5. The Morgan fingerprint density at radius 2 is 1.78 bits per heavy atom. The van der Waals surface area contributed by atoms with Gasteiger partial charge in [-0.05, 0) is 30.2 Å². The van der Waals surface area contributed by atoms with Crippen molar-refractivity contribution in [2.45, 2.75) is 12.6 Å². The van der Waals surface area contributed by atoms with Crippen LogP contribution in [0.25, 0.3) is 11.2 Å². The second-order valence-corrected chi connectivity index (χ2v) is 6.91. The van der Waals surface area contributed by atoms with Crippen molar-refractivity contribution in [3.05, 3.63) is 71.2 Å². The lowest BCUT2D eigenvalue weighted by Gasteiger charge is -2.10. The minimum absolute atomic E-state index is 0.227. The Labute approximate surface area is 183 Å². The van der Waals surface area contributed by atoms with E-state index in [9.17, 15) is 17.6 Å². The van der Waals surface area contributed by atoms with Gasteiger partial charge in [0.25, 0.3) is 5.88 Å². The van der Waals surface area contributed by atoms with Crippen LogP contribution in [-0.4, -0.2) is 31.5 Å². The number of alkyl halides is 3. The lowest BCUT2D eigenvalue weighted by Crippen LogP contribution is -2.08. The molecule has 3 heterocycles. The molecule has 0 saturated carbocycles.